The first kappa shape index (κ1) is 13.6. The van der Waals surface area contributed by atoms with Gasteiger partial charge in [-0.3, -0.25) is 0 Å². The molecule has 0 aliphatic carbocycles. The Hall–Kier alpha value is -0.830. The molecule has 0 amide bonds. The van der Waals surface area contributed by atoms with E-state index >= 15 is 0 Å². The second-order valence-corrected chi connectivity index (χ2v) is 5.52. The van der Waals surface area contributed by atoms with Crippen molar-refractivity contribution < 1.29 is 0 Å². The van der Waals surface area contributed by atoms with E-state index in [2.05, 4.69) is 58.5 Å². The zero-order valence-corrected chi connectivity index (χ0v) is 12.7. The van der Waals surface area contributed by atoms with Crippen LogP contribution in [0.3, 0.4) is 0 Å². The van der Waals surface area contributed by atoms with Gasteiger partial charge in [-0.05, 0) is 48.9 Å². The van der Waals surface area contributed by atoms with E-state index in [1.54, 1.807) is 0 Å². The van der Waals surface area contributed by atoms with Crippen molar-refractivity contribution >= 4 is 27.5 Å². The highest BCUT2D eigenvalue weighted by Gasteiger charge is 2.14. The van der Waals surface area contributed by atoms with E-state index in [4.69, 9.17) is 11.6 Å². The van der Waals surface area contributed by atoms with Crippen molar-refractivity contribution in [2.75, 3.05) is 7.05 Å². The lowest BCUT2D eigenvalue weighted by Crippen LogP contribution is -2.18. The molecular weight excluding hydrogens is 310 g/mol. The van der Waals surface area contributed by atoms with Crippen LogP contribution >= 0.6 is 27.5 Å². The lowest BCUT2D eigenvalue weighted by atomic mass is 9.95. The molecule has 0 aliphatic rings. The molecule has 0 bridgehead atoms. The largest absolute Gasteiger partial charge is 0.309 e. The molecule has 2 rings (SSSR count). The van der Waals surface area contributed by atoms with E-state index in [1.165, 1.54) is 16.7 Å². The third-order valence-corrected chi connectivity index (χ3v) is 4.22. The number of hydrogen-bond donors (Lipinski definition) is 1. The van der Waals surface area contributed by atoms with Crippen LogP contribution < -0.4 is 5.32 Å². The fourth-order valence-electron chi connectivity index (χ4n) is 2.09. The van der Waals surface area contributed by atoms with Crippen LogP contribution in [0.4, 0.5) is 0 Å². The van der Waals surface area contributed by atoms with Crippen LogP contribution in [-0.2, 0) is 0 Å². The number of hydrogen-bond acceptors (Lipinski definition) is 1. The summed E-state index contributed by atoms with van der Waals surface area (Å²) in [6, 6.07) is 14.4. The Bertz CT molecular complexity index is 537. The fraction of sp³-hybridized carbons (Fsp3) is 0.200. The Labute approximate surface area is 121 Å². The van der Waals surface area contributed by atoms with E-state index in [0.29, 0.717) is 0 Å². The van der Waals surface area contributed by atoms with Crippen molar-refractivity contribution in [3.63, 3.8) is 0 Å². The smallest absolute Gasteiger partial charge is 0.0577 e. The van der Waals surface area contributed by atoms with E-state index in [9.17, 15) is 0 Å². The molecule has 2 aromatic carbocycles. The van der Waals surface area contributed by atoms with Crippen molar-refractivity contribution in [2.45, 2.75) is 13.0 Å². The van der Waals surface area contributed by atoms with Gasteiger partial charge in [-0.1, -0.05) is 51.8 Å². The average molecular weight is 325 g/mol. The summed E-state index contributed by atoms with van der Waals surface area (Å²) in [5.74, 6) is 0. The van der Waals surface area contributed by atoms with Crippen molar-refractivity contribution in [1.82, 2.24) is 5.32 Å². The van der Waals surface area contributed by atoms with Crippen molar-refractivity contribution in [1.29, 1.82) is 0 Å². The van der Waals surface area contributed by atoms with Crippen LogP contribution in [-0.4, -0.2) is 7.05 Å². The molecule has 18 heavy (non-hydrogen) atoms. The summed E-state index contributed by atoms with van der Waals surface area (Å²) in [5, 5.41) is 4.12. The van der Waals surface area contributed by atoms with Crippen LogP contribution in [0.2, 0.25) is 5.02 Å². The summed E-state index contributed by atoms with van der Waals surface area (Å²) in [6.45, 7) is 2.12. The SMILES string of the molecule is CNC(c1ccc(Cl)cc1)c1cccc(Br)c1C. The zero-order chi connectivity index (χ0) is 13.1. The van der Waals surface area contributed by atoms with Gasteiger partial charge in [-0.2, -0.15) is 0 Å². The Morgan fingerprint density at radius 1 is 1.11 bits per heavy atom. The maximum atomic E-state index is 5.93. The van der Waals surface area contributed by atoms with E-state index < -0.39 is 0 Å². The van der Waals surface area contributed by atoms with Gasteiger partial charge in [-0.15, -0.1) is 0 Å². The van der Waals surface area contributed by atoms with Crippen molar-refractivity contribution in [3.05, 3.63) is 68.7 Å². The van der Waals surface area contributed by atoms with Gasteiger partial charge in [-0.25, -0.2) is 0 Å². The highest BCUT2D eigenvalue weighted by Crippen LogP contribution is 2.29. The van der Waals surface area contributed by atoms with Crippen LogP contribution in [0.25, 0.3) is 0 Å². The maximum absolute atomic E-state index is 5.93. The molecule has 0 saturated heterocycles. The number of rotatable bonds is 3. The highest BCUT2D eigenvalue weighted by atomic mass is 79.9. The molecule has 94 valence electrons. The standard InChI is InChI=1S/C15H15BrClN/c1-10-13(4-3-5-14(10)16)15(18-2)11-6-8-12(17)9-7-11/h3-9,15,18H,1-2H3. The van der Waals surface area contributed by atoms with Gasteiger partial charge >= 0.3 is 0 Å². The van der Waals surface area contributed by atoms with Crippen LogP contribution in [0.5, 0.6) is 0 Å². The molecule has 1 nitrogen and oxygen atoms in total. The molecule has 2 aromatic rings. The predicted molar refractivity (Wildman–Crippen MR) is 81.2 cm³/mol. The summed E-state index contributed by atoms with van der Waals surface area (Å²) >= 11 is 9.51. The molecule has 0 heterocycles. The Morgan fingerprint density at radius 3 is 2.39 bits per heavy atom. The Morgan fingerprint density at radius 2 is 1.78 bits per heavy atom. The van der Waals surface area contributed by atoms with E-state index in [1.807, 2.05) is 19.2 Å². The molecule has 0 fully saturated rings. The highest BCUT2D eigenvalue weighted by molar-refractivity contribution is 9.10. The first-order valence-corrected chi connectivity index (χ1v) is 6.98. The zero-order valence-electron chi connectivity index (χ0n) is 10.4. The predicted octanol–water partition coefficient (Wildman–Crippen LogP) is 4.72. The normalized spacial score (nSPS) is 12.4. The lowest BCUT2D eigenvalue weighted by Gasteiger charge is -2.20. The molecule has 3 heteroatoms. The fourth-order valence-corrected chi connectivity index (χ4v) is 2.60. The van der Waals surface area contributed by atoms with E-state index in [0.717, 1.165) is 9.50 Å². The molecule has 0 aromatic heterocycles. The monoisotopic (exact) mass is 323 g/mol. The van der Waals surface area contributed by atoms with Crippen molar-refractivity contribution in [2.24, 2.45) is 0 Å². The van der Waals surface area contributed by atoms with Gasteiger partial charge in [0.2, 0.25) is 0 Å². The number of halogens is 2. The van der Waals surface area contributed by atoms with Crippen LogP contribution in [0.15, 0.2) is 46.9 Å². The molecule has 1 atom stereocenters. The van der Waals surface area contributed by atoms with Gasteiger partial charge < -0.3 is 5.32 Å². The minimum Gasteiger partial charge on any atom is -0.309 e. The van der Waals surface area contributed by atoms with Crippen LogP contribution in [0, 0.1) is 6.92 Å². The van der Waals surface area contributed by atoms with Crippen LogP contribution in [0.1, 0.15) is 22.7 Å². The maximum Gasteiger partial charge on any atom is 0.0577 e. The minimum atomic E-state index is 0.180. The second kappa shape index (κ2) is 5.87. The molecule has 1 N–H and O–H groups in total. The third-order valence-electron chi connectivity index (χ3n) is 3.11. The molecule has 0 saturated carbocycles. The summed E-state index contributed by atoms with van der Waals surface area (Å²) in [6.07, 6.45) is 0. The topological polar surface area (TPSA) is 12.0 Å². The van der Waals surface area contributed by atoms with E-state index in [-0.39, 0.29) is 6.04 Å². The Balaban J connectivity index is 2.45. The summed E-state index contributed by atoms with van der Waals surface area (Å²) in [7, 11) is 1.97. The first-order chi connectivity index (χ1) is 8.63. The van der Waals surface area contributed by atoms with Gasteiger partial charge in [0.15, 0.2) is 0 Å². The van der Waals surface area contributed by atoms with Gasteiger partial charge in [0.05, 0.1) is 6.04 Å². The molecular formula is C15H15BrClN. The molecule has 1 unspecified atom stereocenters. The number of nitrogens with one attached hydrogen (secondary N) is 1. The van der Waals surface area contributed by atoms with Gasteiger partial charge in [0.25, 0.3) is 0 Å². The van der Waals surface area contributed by atoms with Crippen molar-refractivity contribution in [3.8, 4) is 0 Å². The Kier molecular flexibility index (Phi) is 4.44. The minimum absolute atomic E-state index is 0.180. The average Bonchev–Trinajstić information content (AvgIpc) is 2.37. The summed E-state index contributed by atoms with van der Waals surface area (Å²) < 4.78 is 1.13. The summed E-state index contributed by atoms with van der Waals surface area (Å²) in [4.78, 5) is 0. The molecule has 0 spiro atoms. The second-order valence-electron chi connectivity index (χ2n) is 4.23. The third kappa shape index (κ3) is 2.77. The molecule has 0 aliphatic heterocycles. The quantitative estimate of drug-likeness (QED) is 0.861. The first-order valence-electron chi connectivity index (χ1n) is 5.81. The van der Waals surface area contributed by atoms with Gasteiger partial charge in [0.1, 0.15) is 0 Å². The summed E-state index contributed by atoms with van der Waals surface area (Å²) in [5.41, 5.74) is 3.74. The molecule has 0 radical (unpaired) electrons. The number of benzene rings is 2. The van der Waals surface area contributed by atoms with Gasteiger partial charge in [0, 0.05) is 9.50 Å². The lowest BCUT2D eigenvalue weighted by molar-refractivity contribution is 0.687.